The average molecular weight is 857 g/mol. The Kier molecular flexibility index (Phi) is 12.2. The summed E-state index contributed by atoms with van der Waals surface area (Å²) in [6.07, 6.45) is 1.20. The third kappa shape index (κ3) is 8.84. The number of piperidine rings is 2. The maximum Gasteiger partial charge on any atom is 0.254 e. The summed E-state index contributed by atoms with van der Waals surface area (Å²) in [5.41, 5.74) is 4.14. The molecule has 3 aliphatic rings. The van der Waals surface area contributed by atoms with Crippen molar-refractivity contribution in [3.63, 3.8) is 0 Å². The number of imide groups is 1. The van der Waals surface area contributed by atoms with Crippen LogP contribution < -0.4 is 20.7 Å². The van der Waals surface area contributed by atoms with E-state index in [2.05, 4.69) is 28.0 Å². The molecule has 2 aromatic carbocycles. The number of aliphatic hydroxyl groups is 1. The lowest BCUT2D eigenvalue weighted by molar-refractivity contribution is -0.134. The molecule has 8 rings (SSSR count). The second-order valence-electron chi connectivity index (χ2n) is 16.7. The van der Waals surface area contributed by atoms with Gasteiger partial charge in [-0.15, -0.1) is 0 Å². The molecule has 4 N–H and O–H groups in total. The van der Waals surface area contributed by atoms with E-state index in [1.807, 2.05) is 23.4 Å². The van der Waals surface area contributed by atoms with E-state index in [-0.39, 0.29) is 49.0 Å². The molecule has 5 aromatic rings. The van der Waals surface area contributed by atoms with Gasteiger partial charge in [-0.05, 0) is 81.0 Å². The van der Waals surface area contributed by atoms with Gasteiger partial charge in [0.1, 0.15) is 17.8 Å². The number of hydrogen-bond acceptors (Lipinski definition) is 11. The lowest BCUT2D eigenvalue weighted by Gasteiger charge is -2.39. The van der Waals surface area contributed by atoms with Crippen LogP contribution in [0, 0.1) is 24.5 Å². The lowest BCUT2D eigenvalue weighted by Crippen LogP contribution is -2.53. The molecular weight excluding hydrogens is 806 g/mol. The number of nitrogens with one attached hydrogen (secondary N) is 3. The fraction of sp³-hybridized carbons (Fsp3) is 0.455. The molecule has 15 nitrogen and oxygen atoms in total. The number of fused-ring (bicyclic) bond motifs is 7. The molecule has 3 aliphatic heterocycles. The van der Waals surface area contributed by atoms with E-state index in [0.29, 0.717) is 78.0 Å². The summed E-state index contributed by atoms with van der Waals surface area (Å²) >= 11 is 0. The summed E-state index contributed by atoms with van der Waals surface area (Å²) in [5, 5.41) is 24.3. The molecule has 0 spiro atoms. The number of aliphatic hydroxyl groups excluding tert-OH is 1. The number of aromatic nitrogens is 5. The van der Waals surface area contributed by atoms with E-state index >= 15 is 13.2 Å². The number of benzene rings is 2. The Morgan fingerprint density at radius 1 is 1.06 bits per heavy atom. The van der Waals surface area contributed by atoms with Crippen LogP contribution in [0.5, 0.6) is 5.88 Å². The number of likely N-dealkylation sites (tertiary alicyclic amines) is 1. The first-order valence-corrected chi connectivity index (χ1v) is 21.0. The summed E-state index contributed by atoms with van der Waals surface area (Å²) in [4.78, 5) is 50.6. The van der Waals surface area contributed by atoms with Crippen molar-refractivity contribution in [3.8, 4) is 17.1 Å². The average Bonchev–Trinajstić information content (AvgIpc) is 3.76. The third-order valence-electron chi connectivity index (χ3n) is 12.1. The van der Waals surface area contributed by atoms with E-state index in [9.17, 15) is 19.5 Å². The number of carbonyl (C=O) groups excluding carboxylic acids is 3. The van der Waals surface area contributed by atoms with E-state index in [4.69, 9.17) is 14.7 Å². The van der Waals surface area contributed by atoms with Gasteiger partial charge in [0.15, 0.2) is 6.23 Å². The highest BCUT2D eigenvalue weighted by Crippen LogP contribution is 2.34. The van der Waals surface area contributed by atoms with Gasteiger partial charge in [-0.3, -0.25) is 29.6 Å². The van der Waals surface area contributed by atoms with Crippen LogP contribution in [0.15, 0.2) is 48.7 Å². The SMILES string of the molecule is Cc1cc2cc(n1)-c1cnn(C)c1OCCC[C@@H](C)Cn1c(nc3ccc(C(=O)N(C)[C@H]4CCN(CCNc5cc(F)c([C@H]6CCC(=O)NC6=O)c(F)c5)C[C@@H]4F)cc31)NC2O. The summed E-state index contributed by atoms with van der Waals surface area (Å²) in [6, 6.07) is 10.4. The first-order valence-electron chi connectivity index (χ1n) is 21.0. The maximum absolute atomic E-state index is 15.9. The molecule has 0 radical (unpaired) electrons. The number of halogens is 3. The van der Waals surface area contributed by atoms with Crippen LogP contribution in [0.1, 0.15) is 78.4 Å². The van der Waals surface area contributed by atoms with Crippen molar-refractivity contribution in [1.29, 1.82) is 0 Å². The van der Waals surface area contributed by atoms with Gasteiger partial charge in [-0.2, -0.15) is 5.10 Å². The Labute approximate surface area is 356 Å². The number of nitrogens with zero attached hydrogens (tertiary/aromatic N) is 7. The molecule has 62 heavy (non-hydrogen) atoms. The number of aryl methyl sites for hydroxylation is 2. The van der Waals surface area contributed by atoms with Crippen LogP contribution >= 0.6 is 0 Å². The summed E-state index contributed by atoms with van der Waals surface area (Å²) < 4.78 is 55.8. The Balaban J connectivity index is 0.930. The molecule has 5 atom stereocenters. The van der Waals surface area contributed by atoms with Crippen LogP contribution in [0.4, 0.5) is 24.8 Å². The van der Waals surface area contributed by atoms with Gasteiger partial charge in [0, 0.05) is 81.3 Å². The van der Waals surface area contributed by atoms with Crippen molar-refractivity contribution in [2.24, 2.45) is 13.0 Å². The van der Waals surface area contributed by atoms with Crippen molar-refractivity contribution in [3.05, 3.63) is 82.7 Å². The fourth-order valence-corrected chi connectivity index (χ4v) is 8.82. The number of imidazole rings is 1. The van der Waals surface area contributed by atoms with Gasteiger partial charge in [0.25, 0.3) is 5.91 Å². The quantitative estimate of drug-likeness (QED) is 0.154. The van der Waals surface area contributed by atoms with Crippen molar-refractivity contribution in [2.45, 2.75) is 76.9 Å². The standard InChI is InChI=1S/C44H51F3N10O5/c1-24-6-5-15-62-43-30(21-49-55(43)4)35-17-27(16-25(2)50-35)40(59)53-44-51-34-9-7-26(18-37(34)57(44)22-24)42(61)54(3)36-11-13-56(23-33(36)47)14-12-48-28-19-31(45)39(32(46)20-28)29-8-10-38(58)52-41(29)60/h7,9,16-21,24,29,33,36,40,48,59H,5-6,8,10-15,22-23H2,1-4H3,(H,51,53)(H,52,58,60)/t24-,29-,33+,36+,40?/m1/s1. The molecular formula is C44H51F3N10O5. The monoisotopic (exact) mass is 856 g/mol. The van der Waals surface area contributed by atoms with E-state index in [0.717, 1.165) is 30.5 Å². The van der Waals surface area contributed by atoms with Crippen molar-refractivity contribution < 1.29 is 37.4 Å². The number of alkyl halides is 1. The van der Waals surface area contributed by atoms with E-state index < -0.39 is 47.8 Å². The highest BCUT2D eigenvalue weighted by Gasteiger charge is 2.35. The molecule has 18 heteroatoms. The van der Waals surface area contributed by atoms with E-state index in [1.165, 1.54) is 4.90 Å². The smallest absolute Gasteiger partial charge is 0.254 e. The van der Waals surface area contributed by atoms with Crippen LogP contribution in [0.25, 0.3) is 22.3 Å². The normalized spacial score (nSPS) is 22.4. The molecule has 6 heterocycles. The predicted molar refractivity (Wildman–Crippen MR) is 225 cm³/mol. The van der Waals surface area contributed by atoms with Gasteiger partial charge < -0.3 is 29.9 Å². The molecule has 2 bridgehead atoms. The minimum Gasteiger partial charge on any atom is -0.477 e. The second kappa shape index (κ2) is 17.8. The number of carbonyl (C=O) groups is 3. The molecule has 1 unspecified atom stereocenters. The molecule has 0 aliphatic carbocycles. The fourth-order valence-electron chi connectivity index (χ4n) is 8.82. The first kappa shape index (κ1) is 42.7. The molecule has 0 saturated carbocycles. The van der Waals surface area contributed by atoms with Gasteiger partial charge in [0.2, 0.25) is 23.6 Å². The van der Waals surface area contributed by atoms with Gasteiger partial charge in [-0.25, -0.2) is 22.8 Å². The van der Waals surface area contributed by atoms with E-state index in [1.54, 1.807) is 48.3 Å². The van der Waals surface area contributed by atoms with Crippen LogP contribution in [0.2, 0.25) is 0 Å². The zero-order valence-corrected chi connectivity index (χ0v) is 35.1. The Hall–Kier alpha value is -6.01. The van der Waals surface area contributed by atoms with Crippen molar-refractivity contribution in [2.75, 3.05) is 50.5 Å². The number of hydrogen-bond donors (Lipinski definition) is 4. The number of anilines is 2. The molecule has 3 aromatic heterocycles. The molecule has 2 fully saturated rings. The Morgan fingerprint density at radius 3 is 2.61 bits per heavy atom. The minimum atomic E-state index is -1.35. The number of rotatable bonds is 7. The molecule has 2 saturated heterocycles. The summed E-state index contributed by atoms with van der Waals surface area (Å²) in [7, 11) is 3.43. The van der Waals surface area contributed by atoms with Crippen LogP contribution in [-0.2, 0) is 23.2 Å². The lowest BCUT2D eigenvalue weighted by atomic mass is 9.89. The van der Waals surface area contributed by atoms with Crippen LogP contribution in [-0.4, -0.2) is 109 Å². The van der Waals surface area contributed by atoms with Crippen molar-refractivity contribution >= 4 is 40.4 Å². The zero-order valence-electron chi connectivity index (χ0n) is 35.1. The second-order valence-corrected chi connectivity index (χ2v) is 16.7. The Bertz CT molecular complexity index is 2490. The first-order chi connectivity index (χ1) is 29.7. The zero-order chi connectivity index (χ0) is 43.8. The van der Waals surface area contributed by atoms with Gasteiger partial charge in [0.05, 0.1) is 47.1 Å². The van der Waals surface area contributed by atoms with Crippen molar-refractivity contribution in [1.82, 2.24) is 39.4 Å². The topological polar surface area (TPSA) is 172 Å². The predicted octanol–water partition coefficient (Wildman–Crippen LogP) is 5.45. The highest BCUT2D eigenvalue weighted by molar-refractivity contribution is 6.01. The molecule has 328 valence electrons. The maximum atomic E-state index is 15.9. The van der Waals surface area contributed by atoms with Gasteiger partial charge >= 0.3 is 0 Å². The highest BCUT2D eigenvalue weighted by atomic mass is 19.1. The number of ether oxygens (including phenoxy) is 1. The third-order valence-corrected chi connectivity index (χ3v) is 12.1. The summed E-state index contributed by atoms with van der Waals surface area (Å²) in [5.74, 6) is -3.18. The minimum absolute atomic E-state index is 0.0000844. The Morgan fingerprint density at radius 2 is 1.85 bits per heavy atom. The van der Waals surface area contributed by atoms with Gasteiger partial charge in [-0.1, -0.05) is 6.92 Å². The summed E-state index contributed by atoms with van der Waals surface area (Å²) in [6.45, 7) is 6.20. The molecule has 3 amide bonds. The largest absolute Gasteiger partial charge is 0.477 e. The van der Waals surface area contributed by atoms with Crippen LogP contribution in [0.3, 0.4) is 0 Å². The number of pyridine rings is 1. The number of amides is 3.